The topological polar surface area (TPSA) is 51.2 Å². The Morgan fingerprint density at radius 2 is 2.00 bits per heavy atom. The minimum Gasteiger partial charge on any atom is -0.298 e. The molecule has 0 bridgehead atoms. The second kappa shape index (κ2) is 4.35. The Bertz CT molecular complexity index is 456. The van der Waals surface area contributed by atoms with E-state index < -0.39 is 16.0 Å². The second-order valence-electron chi connectivity index (χ2n) is 2.69. The van der Waals surface area contributed by atoms with E-state index >= 15 is 0 Å². The third-order valence-corrected chi connectivity index (χ3v) is 2.76. The van der Waals surface area contributed by atoms with Crippen molar-refractivity contribution in [3.63, 3.8) is 0 Å². The van der Waals surface area contributed by atoms with Crippen LogP contribution in [0.2, 0.25) is 0 Å². The molecule has 1 aromatic rings. The van der Waals surface area contributed by atoms with E-state index in [1.54, 1.807) is 6.07 Å². The van der Waals surface area contributed by atoms with Crippen LogP contribution in [0.1, 0.15) is 15.9 Å². The summed E-state index contributed by atoms with van der Waals surface area (Å²) in [5, 5.41) is 0. The van der Waals surface area contributed by atoms with Gasteiger partial charge in [0, 0.05) is 9.13 Å². The van der Waals surface area contributed by atoms with Crippen molar-refractivity contribution in [2.24, 2.45) is 0 Å². The van der Waals surface area contributed by atoms with E-state index in [0.29, 0.717) is 15.4 Å². The summed E-state index contributed by atoms with van der Waals surface area (Å²) in [6.45, 7) is 0. The Morgan fingerprint density at radius 1 is 1.36 bits per heavy atom. The Labute approximate surface area is 94.7 Å². The average Bonchev–Trinajstić information content (AvgIpc) is 1.99. The molecule has 0 aromatic heterocycles. The Kier molecular flexibility index (Phi) is 3.59. The number of carbonyl (C=O) groups is 1. The quantitative estimate of drug-likeness (QED) is 0.484. The van der Waals surface area contributed by atoms with E-state index in [4.69, 9.17) is 0 Å². The fourth-order valence-electron chi connectivity index (χ4n) is 1.03. The van der Waals surface area contributed by atoms with Gasteiger partial charge in [-0.2, -0.15) is 8.42 Å². The van der Waals surface area contributed by atoms with Gasteiger partial charge < -0.3 is 0 Å². The lowest BCUT2D eigenvalue weighted by Gasteiger charge is -2.00. The molecule has 0 radical (unpaired) electrons. The van der Waals surface area contributed by atoms with E-state index in [0.717, 1.165) is 0 Å². The third-order valence-electron chi connectivity index (χ3n) is 1.46. The molecular weight excluding hydrogens is 322 g/mol. The maximum atomic E-state index is 12.3. The summed E-state index contributed by atoms with van der Waals surface area (Å²) in [4.78, 5) is 10.4. The fourth-order valence-corrected chi connectivity index (χ4v) is 2.35. The molecule has 0 N–H and O–H groups in total. The first-order valence-corrected chi connectivity index (χ1v) is 6.21. The van der Waals surface area contributed by atoms with Crippen LogP contribution in [0.25, 0.3) is 0 Å². The van der Waals surface area contributed by atoms with Crippen molar-refractivity contribution in [1.29, 1.82) is 0 Å². The number of rotatable bonds is 3. The van der Waals surface area contributed by atoms with Gasteiger partial charge >= 0.3 is 10.2 Å². The molecule has 0 fully saturated rings. The maximum Gasteiger partial charge on any atom is 0.306 e. The van der Waals surface area contributed by atoms with Gasteiger partial charge in [0.25, 0.3) is 0 Å². The molecule has 0 aliphatic heterocycles. The molecule has 6 heteroatoms. The highest BCUT2D eigenvalue weighted by atomic mass is 127. The van der Waals surface area contributed by atoms with Gasteiger partial charge in [-0.05, 0) is 46.4 Å². The highest BCUT2D eigenvalue weighted by Crippen LogP contribution is 2.14. The Balaban J connectivity index is 3.10. The summed E-state index contributed by atoms with van der Waals surface area (Å²) in [7, 11) is -4.54. The molecule has 1 aromatic carbocycles. The molecule has 0 heterocycles. The van der Waals surface area contributed by atoms with Crippen molar-refractivity contribution in [1.82, 2.24) is 0 Å². The smallest absolute Gasteiger partial charge is 0.298 e. The zero-order valence-corrected chi connectivity index (χ0v) is 9.88. The van der Waals surface area contributed by atoms with Gasteiger partial charge in [0.2, 0.25) is 0 Å². The van der Waals surface area contributed by atoms with Crippen LogP contribution in [0.5, 0.6) is 0 Å². The van der Waals surface area contributed by atoms with Crippen LogP contribution < -0.4 is 0 Å². The lowest BCUT2D eigenvalue weighted by Crippen LogP contribution is -1.97. The van der Waals surface area contributed by atoms with Crippen LogP contribution in [0.4, 0.5) is 3.89 Å². The first-order valence-electron chi connectivity index (χ1n) is 3.58. The van der Waals surface area contributed by atoms with Gasteiger partial charge in [-0.3, -0.25) is 4.79 Å². The van der Waals surface area contributed by atoms with Crippen molar-refractivity contribution in [3.05, 3.63) is 32.9 Å². The van der Waals surface area contributed by atoms with Crippen LogP contribution >= 0.6 is 22.6 Å². The van der Waals surface area contributed by atoms with Crippen LogP contribution in [0.15, 0.2) is 18.2 Å². The van der Waals surface area contributed by atoms with E-state index in [-0.39, 0.29) is 5.56 Å². The minimum absolute atomic E-state index is 0.279. The number of hydrogen-bond donors (Lipinski definition) is 0. The number of aldehydes is 1. The molecule has 0 aliphatic carbocycles. The maximum absolute atomic E-state index is 12.3. The van der Waals surface area contributed by atoms with E-state index in [1.165, 1.54) is 12.1 Å². The van der Waals surface area contributed by atoms with Crippen LogP contribution in [0.3, 0.4) is 0 Å². The van der Waals surface area contributed by atoms with Gasteiger partial charge in [-0.15, -0.1) is 3.89 Å². The molecular formula is C8H6FIO3S. The Hall–Kier alpha value is -0.500. The highest BCUT2D eigenvalue weighted by molar-refractivity contribution is 14.1. The van der Waals surface area contributed by atoms with Crippen LogP contribution in [-0.2, 0) is 16.0 Å². The molecule has 76 valence electrons. The van der Waals surface area contributed by atoms with E-state index in [2.05, 4.69) is 0 Å². The fraction of sp³-hybridized carbons (Fsp3) is 0.125. The van der Waals surface area contributed by atoms with Gasteiger partial charge in [-0.25, -0.2) is 0 Å². The molecule has 0 spiro atoms. The largest absolute Gasteiger partial charge is 0.306 e. The molecule has 0 saturated carbocycles. The third kappa shape index (κ3) is 3.70. The van der Waals surface area contributed by atoms with Crippen LogP contribution in [-0.4, -0.2) is 14.7 Å². The van der Waals surface area contributed by atoms with E-state index in [9.17, 15) is 17.1 Å². The molecule has 1 rings (SSSR count). The van der Waals surface area contributed by atoms with Gasteiger partial charge in [0.05, 0.1) is 0 Å². The summed E-state index contributed by atoms with van der Waals surface area (Å²) >= 11 is 1.93. The SMILES string of the molecule is O=Cc1cc(I)cc(CS(=O)(=O)F)c1. The lowest BCUT2D eigenvalue weighted by atomic mass is 10.2. The first kappa shape index (κ1) is 11.6. The summed E-state index contributed by atoms with van der Waals surface area (Å²) in [5.74, 6) is -0.690. The standard InChI is InChI=1S/C8H6FIO3S/c9-14(12,13)5-7-1-6(4-11)2-8(10)3-7/h1-4H,5H2. The minimum atomic E-state index is -4.54. The summed E-state index contributed by atoms with van der Waals surface area (Å²) in [6.07, 6.45) is 0.594. The zero-order valence-electron chi connectivity index (χ0n) is 6.91. The van der Waals surface area contributed by atoms with Gasteiger partial charge in [0.15, 0.2) is 0 Å². The zero-order chi connectivity index (χ0) is 10.8. The second-order valence-corrected chi connectivity index (χ2v) is 5.31. The highest BCUT2D eigenvalue weighted by Gasteiger charge is 2.09. The normalized spacial score (nSPS) is 11.3. The summed E-state index contributed by atoms with van der Waals surface area (Å²) in [6, 6.07) is 4.46. The van der Waals surface area contributed by atoms with Crippen molar-refractivity contribution >= 4 is 39.1 Å². The van der Waals surface area contributed by atoms with Crippen molar-refractivity contribution in [2.45, 2.75) is 5.75 Å². The molecule has 14 heavy (non-hydrogen) atoms. The molecule has 0 amide bonds. The number of halogens is 2. The first-order chi connectivity index (χ1) is 6.40. The van der Waals surface area contributed by atoms with Crippen molar-refractivity contribution in [3.8, 4) is 0 Å². The summed E-state index contributed by atoms with van der Waals surface area (Å²) in [5.41, 5.74) is 0.622. The molecule has 0 saturated heterocycles. The molecule has 0 aliphatic rings. The monoisotopic (exact) mass is 328 g/mol. The average molecular weight is 328 g/mol. The molecule has 0 unspecified atom stereocenters. The number of hydrogen-bond acceptors (Lipinski definition) is 3. The predicted octanol–water partition coefficient (Wildman–Crippen LogP) is 1.90. The van der Waals surface area contributed by atoms with Gasteiger partial charge in [0.1, 0.15) is 12.0 Å². The van der Waals surface area contributed by atoms with Gasteiger partial charge in [-0.1, -0.05) is 0 Å². The predicted molar refractivity (Wildman–Crippen MR) is 58.3 cm³/mol. The lowest BCUT2D eigenvalue weighted by molar-refractivity contribution is 0.112. The van der Waals surface area contributed by atoms with Crippen LogP contribution in [0, 0.1) is 3.57 Å². The van der Waals surface area contributed by atoms with Crippen molar-refractivity contribution < 1.29 is 17.1 Å². The summed E-state index contributed by atoms with van der Waals surface area (Å²) < 4.78 is 33.7. The number of benzene rings is 1. The number of carbonyl (C=O) groups excluding carboxylic acids is 1. The van der Waals surface area contributed by atoms with Crippen molar-refractivity contribution in [2.75, 3.05) is 0 Å². The Morgan fingerprint density at radius 3 is 2.50 bits per heavy atom. The molecule has 3 nitrogen and oxygen atoms in total. The molecule has 0 atom stereocenters. The van der Waals surface area contributed by atoms with E-state index in [1.807, 2.05) is 22.6 Å².